The molecule has 3 aromatic rings. The summed E-state index contributed by atoms with van der Waals surface area (Å²) in [5, 5.41) is 12.2. The number of nitrogens with zero attached hydrogens (tertiary/aromatic N) is 1. The van der Waals surface area contributed by atoms with Crippen LogP contribution < -0.4 is 21.6 Å². The number of hydrogen-bond acceptors (Lipinski definition) is 5. The van der Waals surface area contributed by atoms with Gasteiger partial charge in [-0.25, -0.2) is 0 Å². The molecule has 0 aliphatic carbocycles. The van der Waals surface area contributed by atoms with Gasteiger partial charge in [-0.05, 0) is 36.4 Å². The fraction of sp³-hybridized carbons (Fsp3) is 0.250. The van der Waals surface area contributed by atoms with Crippen molar-refractivity contribution >= 4 is 52.7 Å². The van der Waals surface area contributed by atoms with E-state index in [0.29, 0.717) is 13.0 Å². The zero-order chi connectivity index (χ0) is 25.5. The minimum absolute atomic E-state index is 0.0895. The van der Waals surface area contributed by atoms with Crippen LogP contribution in [0, 0.1) is 0 Å². The predicted octanol–water partition coefficient (Wildman–Crippen LogP) is 2.64. The van der Waals surface area contributed by atoms with Gasteiger partial charge in [0, 0.05) is 25.1 Å². The Bertz CT molecular complexity index is 1100. The number of hydrogen-bond donors (Lipinski definition) is 2. The number of thioether (sulfide) groups is 1. The Kier molecular flexibility index (Phi) is 8.57. The Morgan fingerprint density at radius 2 is 1.39 bits per heavy atom. The second-order valence-corrected chi connectivity index (χ2v) is 13.6. The zero-order valence-corrected chi connectivity index (χ0v) is 21.6. The fourth-order valence-corrected chi connectivity index (χ4v) is 10.1. The minimum Gasteiger partial charge on any atom is -0.480 e. The number of benzene rings is 3. The number of amides is 2. The van der Waals surface area contributed by atoms with Crippen LogP contribution in [-0.4, -0.2) is 57.5 Å². The Morgan fingerprint density at radius 3 is 1.83 bits per heavy atom. The number of carboxylic acids is 1. The molecule has 0 radical (unpaired) electrons. The molecule has 0 saturated carbocycles. The van der Waals surface area contributed by atoms with Gasteiger partial charge in [-0.1, -0.05) is 54.6 Å². The van der Waals surface area contributed by atoms with Gasteiger partial charge < -0.3 is 10.8 Å². The van der Waals surface area contributed by atoms with Crippen LogP contribution in [-0.2, 0) is 14.4 Å². The van der Waals surface area contributed by atoms with Gasteiger partial charge in [-0.2, -0.15) is 0 Å². The third-order valence-electron chi connectivity index (χ3n) is 6.46. The standard InChI is InChI=1S/C28H29N2O4PS/c29-24(28(33)34)20-36-25-19-26(31)30(27(25)32)17-10-18-35(21-11-4-1-5-12-21,22-13-6-2-7-14-22)23-15-8-3-9-16-23/h1-9,11-16,24-25H,10,17-20,29H2/p+1. The largest absolute Gasteiger partial charge is 0.480 e. The predicted molar refractivity (Wildman–Crippen MR) is 148 cm³/mol. The maximum Gasteiger partial charge on any atom is 0.321 e. The smallest absolute Gasteiger partial charge is 0.321 e. The maximum atomic E-state index is 13.0. The lowest BCUT2D eigenvalue weighted by atomic mass is 10.3. The topological polar surface area (TPSA) is 101 Å². The average molecular weight is 522 g/mol. The molecule has 2 amide bonds. The molecule has 2 unspecified atom stereocenters. The van der Waals surface area contributed by atoms with Gasteiger partial charge in [-0.3, -0.25) is 19.3 Å². The first-order valence-corrected chi connectivity index (χ1v) is 14.9. The van der Waals surface area contributed by atoms with Gasteiger partial charge in [0.05, 0.1) is 11.4 Å². The lowest BCUT2D eigenvalue weighted by Gasteiger charge is -2.28. The molecule has 4 rings (SSSR count). The number of likely N-dealkylation sites (tertiary alicyclic amines) is 1. The summed E-state index contributed by atoms with van der Waals surface area (Å²) < 4.78 is 0. The zero-order valence-electron chi connectivity index (χ0n) is 19.9. The second kappa shape index (κ2) is 11.8. The van der Waals surface area contributed by atoms with Gasteiger partial charge >= 0.3 is 5.97 Å². The van der Waals surface area contributed by atoms with Gasteiger partial charge in [0.15, 0.2) is 0 Å². The number of carbonyl (C=O) groups is 3. The molecule has 0 aromatic heterocycles. The molecule has 3 aromatic carbocycles. The van der Waals surface area contributed by atoms with E-state index in [2.05, 4.69) is 72.8 Å². The van der Waals surface area contributed by atoms with Crippen molar-refractivity contribution in [3.05, 3.63) is 91.0 Å². The third-order valence-corrected chi connectivity index (χ3v) is 12.3. The first-order chi connectivity index (χ1) is 17.4. The highest BCUT2D eigenvalue weighted by Gasteiger charge is 2.45. The highest BCUT2D eigenvalue weighted by atomic mass is 32.2. The Balaban J connectivity index is 1.57. The van der Waals surface area contributed by atoms with E-state index in [1.54, 1.807) is 0 Å². The second-order valence-electron chi connectivity index (χ2n) is 8.75. The summed E-state index contributed by atoms with van der Waals surface area (Å²) in [5.41, 5.74) is 5.58. The molecule has 6 nitrogen and oxygen atoms in total. The minimum atomic E-state index is -2.04. The molecule has 36 heavy (non-hydrogen) atoms. The summed E-state index contributed by atoms with van der Waals surface area (Å²) in [4.78, 5) is 38.0. The molecule has 1 heterocycles. The van der Waals surface area contributed by atoms with Crippen LogP contribution in [0.15, 0.2) is 91.0 Å². The third kappa shape index (κ3) is 5.54. The Labute approximate surface area is 216 Å². The van der Waals surface area contributed by atoms with Crippen LogP contribution in [0.25, 0.3) is 0 Å². The van der Waals surface area contributed by atoms with Crippen LogP contribution in [0.2, 0.25) is 0 Å². The number of aliphatic carboxylic acids is 1. The van der Waals surface area contributed by atoms with Gasteiger partial charge in [-0.15, -0.1) is 11.8 Å². The van der Waals surface area contributed by atoms with Gasteiger partial charge in [0.2, 0.25) is 11.8 Å². The highest BCUT2D eigenvalue weighted by molar-refractivity contribution is 8.00. The Morgan fingerprint density at radius 1 is 0.917 bits per heavy atom. The van der Waals surface area contributed by atoms with Gasteiger partial charge in [0.25, 0.3) is 0 Å². The normalized spacial score (nSPS) is 16.8. The molecule has 0 bridgehead atoms. The monoisotopic (exact) mass is 521 g/mol. The van der Waals surface area contributed by atoms with Crippen molar-refractivity contribution in [2.75, 3.05) is 18.5 Å². The molecule has 186 valence electrons. The summed E-state index contributed by atoms with van der Waals surface area (Å²) in [6.45, 7) is 0.341. The van der Waals surface area contributed by atoms with E-state index < -0.39 is 24.5 Å². The quantitative estimate of drug-likeness (QED) is 0.297. The summed E-state index contributed by atoms with van der Waals surface area (Å²) in [6, 6.07) is 30.4. The van der Waals surface area contributed by atoms with E-state index in [9.17, 15) is 14.4 Å². The molecular formula is C28H30N2O4PS+. The molecular weight excluding hydrogens is 491 g/mol. The van der Waals surface area contributed by atoms with Crippen LogP contribution in [0.4, 0.5) is 0 Å². The number of imide groups is 1. The van der Waals surface area contributed by atoms with E-state index in [-0.39, 0.29) is 24.0 Å². The number of carbonyl (C=O) groups excluding carboxylic acids is 2. The Hall–Kier alpha value is -2.99. The van der Waals surface area contributed by atoms with Crippen molar-refractivity contribution in [1.29, 1.82) is 0 Å². The summed E-state index contributed by atoms with van der Waals surface area (Å²) in [5.74, 6) is -1.47. The van der Waals surface area contributed by atoms with E-state index in [4.69, 9.17) is 10.8 Å². The number of carboxylic acid groups (broad SMARTS) is 1. The highest BCUT2D eigenvalue weighted by Crippen LogP contribution is 2.55. The van der Waals surface area contributed by atoms with Crippen LogP contribution >= 0.6 is 19.0 Å². The lowest BCUT2D eigenvalue weighted by molar-refractivity contribution is -0.139. The molecule has 1 fully saturated rings. The molecule has 2 atom stereocenters. The average Bonchev–Trinajstić information content (AvgIpc) is 3.18. The first kappa shape index (κ1) is 26.1. The summed E-state index contributed by atoms with van der Waals surface area (Å²) >= 11 is 1.15. The molecule has 1 aliphatic heterocycles. The van der Waals surface area contributed by atoms with Crippen LogP contribution in [0.3, 0.4) is 0 Å². The van der Waals surface area contributed by atoms with E-state index in [1.165, 1.54) is 20.8 Å². The van der Waals surface area contributed by atoms with Crippen molar-refractivity contribution in [3.63, 3.8) is 0 Å². The fourth-order valence-electron chi connectivity index (χ4n) is 4.66. The molecule has 1 saturated heterocycles. The molecule has 0 spiro atoms. The van der Waals surface area contributed by atoms with E-state index in [1.807, 2.05) is 18.2 Å². The summed E-state index contributed by atoms with van der Waals surface area (Å²) in [6.07, 6.45) is 1.56. The van der Waals surface area contributed by atoms with Crippen LogP contribution in [0.1, 0.15) is 12.8 Å². The molecule has 1 aliphatic rings. The number of rotatable bonds is 11. The summed E-state index contributed by atoms with van der Waals surface area (Å²) in [7, 11) is -2.04. The van der Waals surface area contributed by atoms with E-state index in [0.717, 1.165) is 17.9 Å². The maximum absolute atomic E-state index is 13.0. The van der Waals surface area contributed by atoms with E-state index >= 15 is 0 Å². The van der Waals surface area contributed by atoms with Crippen molar-refractivity contribution in [2.45, 2.75) is 24.1 Å². The van der Waals surface area contributed by atoms with Crippen LogP contribution in [0.5, 0.6) is 0 Å². The SMILES string of the molecule is NC(CSC1CC(=O)N(CCC[P+](c2ccccc2)(c2ccccc2)c2ccccc2)C1=O)C(=O)O. The molecule has 3 N–H and O–H groups in total. The van der Waals surface area contributed by atoms with Crippen molar-refractivity contribution < 1.29 is 19.5 Å². The van der Waals surface area contributed by atoms with Gasteiger partial charge in [0.1, 0.15) is 29.2 Å². The molecule has 8 heteroatoms. The lowest BCUT2D eigenvalue weighted by Crippen LogP contribution is -2.37. The van der Waals surface area contributed by atoms with Crippen molar-refractivity contribution in [3.8, 4) is 0 Å². The number of nitrogens with two attached hydrogens (primary N) is 1. The first-order valence-electron chi connectivity index (χ1n) is 11.9. The van der Waals surface area contributed by atoms with Crippen molar-refractivity contribution in [1.82, 2.24) is 4.90 Å². The van der Waals surface area contributed by atoms with Crippen molar-refractivity contribution in [2.24, 2.45) is 5.73 Å².